The Morgan fingerprint density at radius 2 is 2.00 bits per heavy atom. The number of rotatable bonds is 6. The van der Waals surface area contributed by atoms with Crippen molar-refractivity contribution in [3.8, 4) is 0 Å². The number of hydrogen-bond acceptors (Lipinski definition) is 5. The van der Waals surface area contributed by atoms with Crippen LogP contribution in [-0.2, 0) is 0 Å². The summed E-state index contributed by atoms with van der Waals surface area (Å²) in [6.45, 7) is 2.69. The smallest absolute Gasteiger partial charge is 0.146 e. The monoisotopic (exact) mass is 316 g/mol. The molecule has 1 aliphatic carbocycles. The number of nitrogens with one attached hydrogen (secondary N) is 2. The molecule has 0 bridgehead atoms. The van der Waals surface area contributed by atoms with E-state index in [1.807, 2.05) is 6.92 Å². The molecule has 0 unspecified atom stereocenters. The maximum absolute atomic E-state index is 13.8. The van der Waals surface area contributed by atoms with E-state index in [9.17, 15) is 4.39 Å². The van der Waals surface area contributed by atoms with Crippen LogP contribution >= 0.6 is 12.2 Å². The predicted octanol–water partition coefficient (Wildman–Crippen LogP) is 3.84. The zero-order chi connectivity index (χ0) is 15.5. The number of benzene rings is 1. The van der Waals surface area contributed by atoms with E-state index >= 15 is 0 Å². The topological polar surface area (TPSA) is 49.8 Å². The quantitative estimate of drug-likeness (QED) is 0.793. The number of thiocarbonyl (C=S) groups is 1. The molecule has 1 heterocycles. The van der Waals surface area contributed by atoms with Gasteiger partial charge in [0.1, 0.15) is 23.3 Å². The zero-order valence-corrected chi connectivity index (χ0v) is 13.1. The molecule has 3 rings (SSSR count). The standard InChI is InChI=1S/C16H17FN4S/c1-10-19-15(18-8-11-6-7-11)12(9-22)16(20-10)21-14-5-3-2-4-13(14)17/h2-5,9,11H,6-8H2,1H3,(H2,18,19,20,21). The number of nitrogens with zero attached hydrogens (tertiary/aromatic N) is 2. The molecular formula is C16H17FN4S. The van der Waals surface area contributed by atoms with E-state index in [0.717, 1.165) is 12.5 Å². The van der Waals surface area contributed by atoms with E-state index in [2.05, 4.69) is 20.6 Å². The first kappa shape index (κ1) is 14.8. The Morgan fingerprint density at radius 3 is 2.68 bits per heavy atom. The average molecular weight is 316 g/mol. The van der Waals surface area contributed by atoms with Gasteiger partial charge in [0, 0.05) is 11.9 Å². The largest absolute Gasteiger partial charge is 0.369 e. The number of anilines is 3. The minimum absolute atomic E-state index is 0.332. The SMILES string of the molecule is Cc1nc(NCC2CC2)c(C=S)c(Nc2ccccc2F)n1. The minimum atomic E-state index is -0.332. The molecule has 2 N–H and O–H groups in total. The Bertz CT molecular complexity index is 701. The summed E-state index contributed by atoms with van der Waals surface area (Å²) in [5.74, 6) is 2.22. The lowest BCUT2D eigenvalue weighted by molar-refractivity contribution is 0.632. The number of para-hydroxylation sites is 1. The fourth-order valence-electron chi connectivity index (χ4n) is 2.18. The molecule has 114 valence electrons. The third-order valence-electron chi connectivity index (χ3n) is 3.56. The fraction of sp³-hybridized carbons (Fsp3) is 0.312. The van der Waals surface area contributed by atoms with Crippen LogP contribution in [0.5, 0.6) is 0 Å². The van der Waals surface area contributed by atoms with Gasteiger partial charge in [-0.05, 0) is 37.8 Å². The van der Waals surface area contributed by atoms with Crippen molar-refractivity contribution in [3.63, 3.8) is 0 Å². The van der Waals surface area contributed by atoms with Crippen LogP contribution in [0.3, 0.4) is 0 Å². The summed E-state index contributed by atoms with van der Waals surface area (Å²) < 4.78 is 13.8. The van der Waals surface area contributed by atoms with E-state index in [-0.39, 0.29) is 5.82 Å². The van der Waals surface area contributed by atoms with Gasteiger partial charge in [-0.15, -0.1) is 0 Å². The van der Waals surface area contributed by atoms with Crippen molar-refractivity contribution in [1.29, 1.82) is 0 Å². The van der Waals surface area contributed by atoms with Crippen LogP contribution in [0.2, 0.25) is 0 Å². The summed E-state index contributed by atoms with van der Waals surface area (Å²) in [5, 5.41) is 7.86. The molecule has 4 nitrogen and oxygen atoms in total. The summed E-state index contributed by atoms with van der Waals surface area (Å²) in [7, 11) is 0. The molecular weight excluding hydrogens is 299 g/mol. The summed E-state index contributed by atoms with van der Waals surface area (Å²) in [4.78, 5) is 8.77. The van der Waals surface area contributed by atoms with Gasteiger partial charge in [-0.1, -0.05) is 24.4 Å². The van der Waals surface area contributed by atoms with Gasteiger partial charge in [0.15, 0.2) is 0 Å². The number of halogens is 1. The van der Waals surface area contributed by atoms with E-state index < -0.39 is 0 Å². The highest BCUT2D eigenvalue weighted by atomic mass is 32.1. The molecule has 0 aliphatic heterocycles. The molecule has 0 radical (unpaired) electrons. The summed E-state index contributed by atoms with van der Waals surface area (Å²) in [6.07, 6.45) is 2.51. The van der Waals surface area contributed by atoms with Crippen molar-refractivity contribution in [2.45, 2.75) is 19.8 Å². The third-order valence-corrected chi connectivity index (χ3v) is 3.79. The second-order valence-electron chi connectivity index (χ2n) is 5.43. The van der Waals surface area contributed by atoms with Gasteiger partial charge < -0.3 is 10.6 Å². The minimum Gasteiger partial charge on any atom is -0.369 e. The zero-order valence-electron chi connectivity index (χ0n) is 12.3. The highest BCUT2D eigenvalue weighted by Gasteiger charge is 2.22. The molecule has 1 fully saturated rings. The van der Waals surface area contributed by atoms with Crippen molar-refractivity contribution in [1.82, 2.24) is 9.97 Å². The predicted molar refractivity (Wildman–Crippen MR) is 90.4 cm³/mol. The molecule has 1 aromatic carbocycles. The highest BCUT2D eigenvalue weighted by Crippen LogP contribution is 2.30. The Morgan fingerprint density at radius 1 is 1.27 bits per heavy atom. The van der Waals surface area contributed by atoms with Crippen molar-refractivity contribution < 1.29 is 4.39 Å². The number of hydrogen-bond donors (Lipinski definition) is 2. The number of aryl methyl sites for hydroxylation is 1. The van der Waals surface area contributed by atoms with Crippen LogP contribution < -0.4 is 10.6 Å². The average Bonchev–Trinajstić information content (AvgIpc) is 3.31. The van der Waals surface area contributed by atoms with Gasteiger partial charge in [0.05, 0.1) is 11.3 Å². The molecule has 0 spiro atoms. The Balaban J connectivity index is 1.91. The molecule has 1 aromatic heterocycles. The van der Waals surface area contributed by atoms with Gasteiger partial charge in [0.25, 0.3) is 0 Å². The fourth-order valence-corrected chi connectivity index (χ4v) is 2.40. The first-order valence-electron chi connectivity index (χ1n) is 7.26. The van der Waals surface area contributed by atoms with Gasteiger partial charge in [-0.2, -0.15) is 0 Å². The van der Waals surface area contributed by atoms with Crippen LogP contribution in [0.1, 0.15) is 24.2 Å². The van der Waals surface area contributed by atoms with Crippen molar-refractivity contribution in [2.75, 3.05) is 17.2 Å². The van der Waals surface area contributed by atoms with Crippen LogP contribution in [0.15, 0.2) is 24.3 Å². The lowest BCUT2D eigenvalue weighted by Crippen LogP contribution is -2.12. The van der Waals surface area contributed by atoms with Crippen molar-refractivity contribution in [2.24, 2.45) is 5.92 Å². The highest BCUT2D eigenvalue weighted by molar-refractivity contribution is 7.79. The van der Waals surface area contributed by atoms with Crippen molar-refractivity contribution >= 4 is 34.9 Å². The first-order chi connectivity index (χ1) is 10.7. The number of aromatic nitrogens is 2. The van der Waals surface area contributed by atoms with Crippen LogP contribution in [0.25, 0.3) is 0 Å². The Kier molecular flexibility index (Phi) is 4.29. The molecule has 1 saturated carbocycles. The summed E-state index contributed by atoms with van der Waals surface area (Å²) in [5.41, 5.74) is 1.05. The maximum atomic E-state index is 13.8. The summed E-state index contributed by atoms with van der Waals surface area (Å²) >= 11 is 5.10. The molecule has 2 aromatic rings. The van der Waals surface area contributed by atoms with E-state index in [1.165, 1.54) is 24.3 Å². The molecule has 0 saturated heterocycles. The van der Waals surface area contributed by atoms with Gasteiger partial charge >= 0.3 is 0 Å². The van der Waals surface area contributed by atoms with Gasteiger partial charge in [-0.25, -0.2) is 14.4 Å². The van der Waals surface area contributed by atoms with Crippen LogP contribution in [-0.4, -0.2) is 21.9 Å². The van der Waals surface area contributed by atoms with E-state index in [4.69, 9.17) is 12.2 Å². The second-order valence-corrected chi connectivity index (χ2v) is 5.66. The van der Waals surface area contributed by atoms with Gasteiger partial charge in [0.2, 0.25) is 0 Å². The van der Waals surface area contributed by atoms with E-state index in [0.29, 0.717) is 28.7 Å². The first-order valence-corrected chi connectivity index (χ1v) is 7.73. The lowest BCUT2D eigenvalue weighted by atomic mass is 10.2. The summed E-state index contributed by atoms with van der Waals surface area (Å²) in [6, 6.07) is 6.48. The third kappa shape index (κ3) is 3.39. The van der Waals surface area contributed by atoms with Gasteiger partial charge in [-0.3, -0.25) is 0 Å². The molecule has 0 amide bonds. The normalized spacial score (nSPS) is 13.7. The second kappa shape index (κ2) is 6.36. The van der Waals surface area contributed by atoms with E-state index in [1.54, 1.807) is 18.2 Å². The lowest BCUT2D eigenvalue weighted by Gasteiger charge is -2.14. The molecule has 22 heavy (non-hydrogen) atoms. The Hall–Kier alpha value is -2.08. The van der Waals surface area contributed by atoms with Crippen molar-refractivity contribution in [3.05, 3.63) is 41.5 Å². The molecule has 0 atom stereocenters. The van der Waals surface area contributed by atoms with Crippen LogP contribution in [0, 0.1) is 18.7 Å². The molecule has 6 heteroatoms. The molecule has 1 aliphatic rings. The van der Waals surface area contributed by atoms with Crippen LogP contribution in [0.4, 0.5) is 21.7 Å². The Labute approximate surface area is 134 Å². The maximum Gasteiger partial charge on any atom is 0.146 e.